The molecule has 4 heterocycles. The van der Waals surface area contributed by atoms with Crippen LogP contribution in [0.15, 0.2) is 52.3 Å². The van der Waals surface area contributed by atoms with Gasteiger partial charge in [0.15, 0.2) is 10.5 Å². The van der Waals surface area contributed by atoms with E-state index in [-0.39, 0.29) is 24.5 Å². The van der Waals surface area contributed by atoms with Crippen molar-refractivity contribution in [1.29, 1.82) is 0 Å². The minimum atomic E-state index is -1.32. The maximum absolute atomic E-state index is 14.1. The first kappa shape index (κ1) is 29.8. The van der Waals surface area contributed by atoms with Gasteiger partial charge in [0.05, 0.1) is 33.0 Å². The predicted octanol–water partition coefficient (Wildman–Crippen LogP) is 5.24. The van der Waals surface area contributed by atoms with E-state index in [9.17, 15) is 19.2 Å². The van der Waals surface area contributed by atoms with Crippen molar-refractivity contribution in [2.75, 3.05) is 24.2 Å². The molecule has 42 heavy (non-hydrogen) atoms. The Labute approximate surface area is 252 Å². The highest BCUT2D eigenvalue weighted by atomic mass is 35.5. The third-order valence-corrected chi connectivity index (χ3v) is 8.95. The topological polar surface area (TPSA) is 128 Å². The number of hydrogen-bond donors (Lipinski definition) is 1. The number of amides is 1. The molecule has 1 aliphatic heterocycles. The molecule has 3 atom stereocenters. The average molecular weight is 609 g/mol. The summed E-state index contributed by atoms with van der Waals surface area (Å²) in [6.07, 6.45) is 2.33. The lowest BCUT2D eigenvalue weighted by atomic mass is 10.0. The molecule has 0 bridgehead atoms. The lowest BCUT2D eigenvalue weighted by Gasteiger charge is -2.43. The highest BCUT2D eigenvalue weighted by Gasteiger charge is 2.35. The van der Waals surface area contributed by atoms with Crippen molar-refractivity contribution in [3.05, 3.63) is 69.4 Å². The number of anilines is 1. The number of halogens is 1. The zero-order valence-corrected chi connectivity index (χ0v) is 25.9. The van der Waals surface area contributed by atoms with Crippen LogP contribution in [-0.2, 0) is 11.2 Å². The van der Waals surface area contributed by atoms with Gasteiger partial charge >= 0.3 is 11.8 Å². The smallest absolute Gasteiger partial charge is 0.407 e. The van der Waals surface area contributed by atoms with Gasteiger partial charge in [-0.05, 0) is 67.7 Å². The van der Waals surface area contributed by atoms with Gasteiger partial charge < -0.3 is 19.5 Å². The van der Waals surface area contributed by atoms with E-state index < -0.39 is 23.0 Å². The number of aryl methyl sites for hydroxylation is 1. The molecular formula is C30H33ClN6O4S. The molecule has 0 spiro atoms. The molecule has 1 N–H and O–H groups in total. The number of pyridine rings is 2. The van der Waals surface area contributed by atoms with Gasteiger partial charge in [-0.1, -0.05) is 37.6 Å². The summed E-state index contributed by atoms with van der Waals surface area (Å²) in [6, 6.07) is 10.2. The number of benzene rings is 1. The number of piperazine rings is 1. The van der Waals surface area contributed by atoms with Crippen LogP contribution in [0.4, 0.5) is 10.6 Å². The zero-order chi connectivity index (χ0) is 30.5. The quantitative estimate of drug-likeness (QED) is 0.305. The third-order valence-electron chi connectivity index (χ3n) is 7.68. The van der Waals surface area contributed by atoms with Crippen molar-refractivity contribution in [3.8, 4) is 16.9 Å². The summed E-state index contributed by atoms with van der Waals surface area (Å²) in [5, 5.41) is 10.5. The van der Waals surface area contributed by atoms with Crippen molar-refractivity contribution in [1.82, 2.24) is 24.4 Å². The van der Waals surface area contributed by atoms with E-state index in [0.717, 1.165) is 11.3 Å². The number of rotatable bonds is 5. The van der Waals surface area contributed by atoms with Crippen LogP contribution in [0.5, 0.6) is 0 Å². The first-order chi connectivity index (χ1) is 19.9. The van der Waals surface area contributed by atoms with Crippen LogP contribution in [0.3, 0.4) is 0 Å². The van der Waals surface area contributed by atoms with E-state index >= 15 is 0 Å². The van der Waals surface area contributed by atoms with Gasteiger partial charge in [-0.25, -0.2) is 19.1 Å². The molecule has 3 aromatic heterocycles. The van der Waals surface area contributed by atoms with Gasteiger partial charge in [0, 0.05) is 31.4 Å². The minimum Gasteiger partial charge on any atom is -0.612 e. The molecule has 1 aromatic carbocycles. The molecule has 220 valence electrons. The zero-order valence-electron chi connectivity index (χ0n) is 24.3. The van der Waals surface area contributed by atoms with E-state index in [1.807, 2.05) is 57.7 Å². The summed E-state index contributed by atoms with van der Waals surface area (Å²) in [4.78, 5) is 44.0. The van der Waals surface area contributed by atoms with Gasteiger partial charge in [-0.3, -0.25) is 4.98 Å². The monoisotopic (exact) mass is 608 g/mol. The van der Waals surface area contributed by atoms with E-state index in [4.69, 9.17) is 16.6 Å². The molecular weight excluding hydrogens is 576 g/mol. The average Bonchev–Trinajstić information content (AvgIpc) is 2.93. The molecule has 0 saturated carbocycles. The lowest BCUT2D eigenvalue weighted by molar-refractivity contribution is 0.114. The Hall–Kier alpha value is -3.67. The van der Waals surface area contributed by atoms with Crippen LogP contribution in [0.2, 0.25) is 5.02 Å². The minimum absolute atomic E-state index is 0.00139. The van der Waals surface area contributed by atoms with E-state index in [2.05, 4.69) is 9.97 Å². The lowest BCUT2D eigenvalue weighted by Crippen LogP contribution is -2.58. The molecule has 4 aromatic rings. The Morgan fingerprint density at radius 1 is 1.14 bits per heavy atom. The number of carbonyl (C=O) groups is 1. The molecule has 12 heteroatoms. The highest BCUT2D eigenvalue weighted by Crippen LogP contribution is 2.37. The fraction of sp³-hybridized carbons (Fsp3) is 0.367. The molecule has 1 aliphatic rings. The SMILES string of the molecule is Cc1ccnc(C(C)C)c1-n1c(=O)nc(N2C[C@@H](C)N(C(=O)O)C[C@@H]2C)c2cc(Cl)c(-c3ccccc3[S+](C)[O-])nc21. The number of carboxylic acid groups (broad SMARTS) is 1. The van der Waals surface area contributed by atoms with Crippen LogP contribution in [0, 0.1) is 6.92 Å². The summed E-state index contributed by atoms with van der Waals surface area (Å²) in [7, 11) is 0. The van der Waals surface area contributed by atoms with Crippen molar-refractivity contribution in [2.24, 2.45) is 0 Å². The Kier molecular flexibility index (Phi) is 8.19. The summed E-state index contributed by atoms with van der Waals surface area (Å²) in [6.45, 7) is 10.2. The molecule has 0 aliphatic carbocycles. The van der Waals surface area contributed by atoms with E-state index in [1.165, 1.54) is 9.47 Å². The Balaban J connectivity index is 1.86. The van der Waals surface area contributed by atoms with Gasteiger partial charge in [0.1, 0.15) is 12.1 Å². The number of hydrogen-bond acceptors (Lipinski definition) is 7. The molecule has 0 radical (unpaired) electrons. The van der Waals surface area contributed by atoms with E-state index in [0.29, 0.717) is 50.3 Å². The number of aromatic nitrogens is 4. The Morgan fingerprint density at radius 2 is 1.86 bits per heavy atom. The summed E-state index contributed by atoms with van der Waals surface area (Å²) in [5.74, 6) is 0.387. The summed E-state index contributed by atoms with van der Waals surface area (Å²) >= 11 is 5.60. The fourth-order valence-corrected chi connectivity index (χ4v) is 6.60. The predicted molar refractivity (Wildman–Crippen MR) is 166 cm³/mol. The second kappa shape index (κ2) is 11.5. The van der Waals surface area contributed by atoms with Crippen molar-refractivity contribution < 1.29 is 14.5 Å². The second-order valence-electron chi connectivity index (χ2n) is 11.0. The Bertz CT molecular complexity index is 1740. The van der Waals surface area contributed by atoms with Crippen molar-refractivity contribution in [2.45, 2.75) is 57.5 Å². The maximum Gasteiger partial charge on any atom is 0.407 e. The van der Waals surface area contributed by atoms with Crippen LogP contribution in [-0.4, -0.2) is 71.6 Å². The molecule has 5 rings (SSSR count). The van der Waals surface area contributed by atoms with Crippen LogP contribution in [0.25, 0.3) is 28.0 Å². The van der Waals surface area contributed by atoms with Crippen LogP contribution >= 0.6 is 11.6 Å². The Morgan fingerprint density at radius 3 is 2.52 bits per heavy atom. The molecule has 1 saturated heterocycles. The first-order valence-electron chi connectivity index (χ1n) is 13.7. The second-order valence-corrected chi connectivity index (χ2v) is 12.8. The largest absolute Gasteiger partial charge is 0.612 e. The third kappa shape index (κ3) is 5.21. The standard InChI is InChI=1S/C30H33ClN6O4S/c1-16(2)24-26(17(3)11-12-32-24)37-28-21(13-22(31)25(33-28)20-9-7-8-10-23(20)42(6)41)27(34-29(37)38)35-14-19(5)36(30(39)40)15-18(35)4/h7-13,16,18-19H,14-15H2,1-6H3,(H,39,40)/t18-,19+,42?/m0/s1. The number of nitrogens with zero attached hydrogens (tertiary/aromatic N) is 6. The normalized spacial score (nSPS) is 18.1. The van der Waals surface area contributed by atoms with Crippen LogP contribution < -0.4 is 10.6 Å². The number of fused-ring (bicyclic) bond motifs is 1. The fourth-order valence-electron chi connectivity index (χ4n) is 5.60. The maximum atomic E-state index is 14.1. The van der Waals surface area contributed by atoms with Crippen LogP contribution in [0.1, 0.15) is 44.9 Å². The van der Waals surface area contributed by atoms with Gasteiger partial charge in [-0.15, -0.1) is 0 Å². The summed E-state index contributed by atoms with van der Waals surface area (Å²) in [5.41, 5.74) is 2.95. The first-order valence-corrected chi connectivity index (χ1v) is 15.6. The molecule has 1 unspecified atom stereocenters. The van der Waals surface area contributed by atoms with Crippen molar-refractivity contribution in [3.63, 3.8) is 0 Å². The van der Waals surface area contributed by atoms with Gasteiger partial charge in [0.25, 0.3) is 0 Å². The van der Waals surface area contributed by atoms with E-state index in [1.54, 1.807) is 30.7 Å². The van der Waals surface area contributed by atoms with Gasteiger partial charge in [0.2, 0.25) is 0 Å². The molecule has 1 amide bonds. The summed E-state index contributed by atoms with van der Waals surface area (Å²) < 4.78 is 14.1. The molecule has 10 nitrogen and oxygen atoms in total. The molecule has 1 fully saturated rings. The van der Waals surface area contributed by atoms with Gasteiger partial charge in [-0.2, -0.15) is 4.98 Å². The van der Waals surface area contributed by atoms with Crippen molar-refractivity contribution >= 4 is 45.7 Å². The highest BCUT2D eigenvalue weighted by molar-refractivity contribution is 7.90.